The summed E-state index contributed by atoms with van der Waals surface area (Å²) in [5.74, 6) is -0.371. The SMILES string of the molecule is CC1(C)CCC(CN2CCN(c3ccc(C(=O)NS(=O)(=O)c4cnc(CC[C@]5(F)CC[C@@](C)(O)CC5)c(Cl)c4)c(Oc4cnc5[nH]ccc5c4)c3)CC2)=C(c2ccc(Cl)cc2)C1. The molecule has 2 aliphatic carbocycles. The number of aryl methyl sites for hydroxylation is 1. The number of carbonyl (C=O) groups excluding carboxylic acids is 1. The van der Waals surface area contributed by atoms with E-state index >= 15 is 4.39 Å². The molecule has 4 heterocycles. The van der Waals surface area contributed by atoms with Crippen molar-refractivity contribution in [3.05, 3.63) is 112 Å². The topological polar surface area (TPSA) is 141 Å². The molecular formula is C47H53Cl2FN6O5S. The number of allylic oxidation sites excluding steroid dienone is 1. The van der Waals surface area contributed by atoms with Gasteiger partial charge >= 0.3 is 0 Å². The fraction of sp³-hybridized carbons (Fsp3) is 0.426. The Balaban J connectivity index is 0.977. The summed E-state index contributed by atoms with van der Waals surface area (Å²) in [7, 11) is -4.44. The summed E-state index contributed by atoms with van der Waals surface area (Å²) in [5, 5.41) is 11.8. The monoisotopic (exact) mass is 902 g/mol. The molecule has 1 aliphatic heterocycles. The van der Waals surface area contributed by atoms with Gasteiger partial charge in [-0.25, -0.2) is 22.5 Å². The third-order valence-electron chi connectivity index (χ3n) is 12.8. The molecule has 1 saturated carbocycles. The molecule has 1 amide bonds. The number of aliphatic hydroxyl groups is 1. The molecule has 3 N–H and O–H groups in total. The van der Waals surface area contributed by atoms with E-state index in [0.29, 0.717) is 29.9 Å². The summed E-state index contributed by atoms with van der Waals surface area (Å²) < 4.78 is 51.2. The number of carbonyl (C=O) groups is 1. The summed E-state index contributed by atoms with van der Waals surface area (Å²) in [5.41, 5.74) is 3.87. The van der Waals surface area contributed by atoms with Gasteiger partial charge in [0.1, 0.15) is 27.7 Å². The molecule has 328 valence electrons. The smallest absolute Gasteiger partial charge is 0.268 e. The van der Waals surface area contributed by atoms with E-state index < -0.39 is 27.2 Å². The highest BCUT2D eigenvalue weighted by Gasteiger charge is 2.39. The number of alkyl halides is 1. The highest BCUT2D eigenvalue weighted by atomic mass is 35.5. The van der Waals surface area contributed by atoms with Crippen LogP contribution in [0.4, 0.5) is 10.1 Å². The number of sulfonamides is 1. The number of fused-ring (bicyclic) bond motifs is 1. The number of H-pyrrole nitrogens is 1. The number of hydrogen-bond donors (Lipinski definition) is 3. The van der Waals surface area contributed by atoms with E-state index in [2.05, 4.69) is 55.5 Å². The van der Waals surface area contributed by atoms with Crippen LogP contribution in [0.2, 0.25) is 10.0 Å². The first-order chi connectivity index (χ1) is 29.4. The molecule has 0 bridgehead atoms. The quantitative estimate of drug-likeness (QED) is 0.112. The second kappa shape index (κ2) is 17.6. The lowest BCUT2D eigenvalue weighted by atomic mass is 9.72. The summed E-state index contributed by atoms with van der Waals surface area (Å²) >= 11 is 12.7. The lowest BCUT2D eigenvalue weighted by Crippen LogP contribution is -2.47. The third-order valence-corrected chi connectivity index (χ3v) is 14.7. The first-order valence-electron chi connectivity index (χ1n) is 21.3. The van der Waals surface area contributed by atoms with Crippen LogP contribution in [0.15, 0.2) is 89.7 Å². The minimum absolute atomic E-state index is 0.00222. The van der Waals surface area contributed by atoms with Crippen LogP contribution >= 0.6 is 23.2 Å². The number of nitrogens with one attached hydrogen (secondary N) is 2. The summed E-state index contributed by atoms with van der Waals surface area (Å²) in [4.78, 5) is 30.1. The molecule has 15 heteroatoms. The number of aromatic amines is 1. The second-order valence-electron chi connectivity index (χ2n) is 18.2. The molecule has 8 rings (SSSR count). The minimum Gasteiger partial charge on any atom is -0.455 e. The number of rotatable bonds is 12. The molecule has 3 aliphatic rings. The predicted molar refractivity (Wildman–Crippen MR) is 242 cm³/mol. The Hall–Kier alpha value is -4.53. The van der Waals surface area contributed by atoms with Gasteiger partial charge in [0.25, 0.3) is 15.9 Å². The number of hydrogen-bond acceptors (Lipinski definition) is 9. The highest BCUT2D eigenvalue weighted by molar-refractivity contribution is 7.90. The van der Waals surface area contributed by atoms with Gasteiger partial charge in [0.15, 0.2) is 0 Å². The van der Waals surface area contributed by atoms with Crippen molar-refractivity contribution < 1.29 is 27.4 Å². The van der Waals surface area contributed by atoms with E-state index in [0.717, 1.165) is 74.3 Å². The van der Waals surface area contributed by atoms with Gasteiger partial charge in [-0.3, -0.25) is 14.7 Å². The molecule has 2 aromatic carbocycles. The van der Waals surface area contributed by atoms with Crippen LogP contribution in [0, 0.1) is 5.41 Å². The van der Waals surface area contributed by atoms with Crippen LogP contribution in [-0.4, -0.2) is 83.3 Å². The molecule has 3 aromatic heterocycles. The zero-order chi connectivity index (χ0) is 43.9. The van der Waals surface area contributed by atoms with Gasteiger partial charge < -0.3 is 19.7 Å². The van der Waals surface area contributed by atoms with Crippen molar-refractivity contribution in [2.75, 3.05) is 37.6 Å². The second-order valence-corrected chi connectivity index (χ2v) is 20.8. The molecule has 0 unspecified atom stereocenters. The maximum atomic E-state index is 15.5. The number of ether oxygens (including phenoxy) is 1. The van der Waals surface area contributed by atoms with Crippen LogP contribution in [0.1, 0.15) is 93.8 Å². The summed E-state index contributed by atoms with van der Waals surface area (Å²) in [6.07, 6.45) is 9.14. The van der Waals surface area contributed by atoms with Gasteiger partial charge in [-0.1, -0.05) is 54.8 Å². The predicted octanol–water partition coefficient (Wildman–Crippen LogP) is 9.93. The number of halogens is 3. The van der Waals surface area contributed by atoms with Crippen LogP contribution < -0.4 is 14.4 Å². The van der Waals surface area contributed by atoms with Crippen LogP contribution in [-0.2, 0) is 16.4 Å². The van der Waals surface area contributed by atoms with Crippen molar-refractivity contribution in [2.45, 2.75) is 94.7 Å². The van der Waals surface area contributed by atoms with Crippen LogP contribution in [0.3, 0.4) is 0 Å². The van der Waals surface area contributed by atoms with Crippen molar-refractivity contribution in [3.8, 4) is 11.5 Å². The van der Waals surface area contributed by atoms with E-state index in [-0.39, 0.29) is 52.3 Å². The zero-order valence-corrected chi connectivity index (χ0v) is 37.6. The number of aromatic nitrogens is 3. The standard InChI is InChI=1S/C47H53Cl2FN6O5S/c1-45(2)13-10-33(39(27-45)31-4-6-34(48)7-5-31)30-55-20-22-56(23-21-55)35-8-9-38(42(25-35)61-36-24-32-12-19-51-43(32)53-28-36)44(57)54-62(59,60)37-26-40(49)41(52-29-37)11-14-47(50)17-15-46(3,58)16-18-47/h4-9,12,19,24-26,28-29,58H,10-11,13-18,20-23,27,30H2,1-3H3,(H,51,53)(H,54,57)/t46-,47+. The number of piperazine rings is 1. The average Bonchev–Trinajstić information content (AvgIpc) is 3.71. The van der Waals surface area contributed by atoms with Crippen molar-refractivity contribution in [2.24, 2.45) is 5.41 Å². The van der Waals surface area contributed by atoms with E-state index in [1.807, 2.05) is 18.2 Å². The Bertz CT molecular complexity index is 2600. The van der Waals surface area contributed by atoms with Crippen LogP contribution in [0.5, 0.6) is 11.5 Å². The lowest BCUT2D eigenvalue weighted by Gasteiger charge is -2.39. The normalized spacial score (nSPS) is 22.2. The molecule has 62 heavy (non-hydrogen) atoms. The summed E-state index contributed by atoms with van der Waals surface area (Å²) in [6.45, 7) is 10.4. The molecular weight excluding hydrogens is 851 g/mol. The van der Waals surface area contributed by atoms with E-state index in [1.165, 1.54) is 22.8 Å². The Morgan fingerprint density at radius 2 is 1.68 bits per heavy atom. The Labute approximate surface area is 372 Å². The van der Waals surface area contributed by atoms with E-state index in [4.69, 9.17) is 27.9 Å². The first-order valence-corrected chi connectivity index (χ1v) is 23.5. The Morgan fingerprint density at radius 3 is 2.40 bits per heavy atom. The first kappa shape index (κ1) is 44.1. The molecule has 0 radical (unpaired) electrons. The van der Waals surface area contributed by atoms with Crippen LogP contribution in [0.25, 0.3) is 16.6 Å². The largest absolute Gasteiger partial charge is 0.455 e. The molecule has 1 saturated heterocycles. The van der Waals surface area contributed by atoms with E-state index in [9.17, 15) is 18.3 Å². The van der Waals surface area contributed by atoms with Crippen molar-refractivity contribution in [1.29, 1.82) is 0 Å². The number of amides is 1. The number of anilines is 1. The van der Waals surface area contributed by atoms with Crippen molar-refractivity contribution in [1.82, 2.24) is 24.6 Å². The van der Waals surface area contributed by atoms with Crippen molar-refractivity contribution in [3.63, 3.8) is 0 Å². The molecule has 11 nitrogen and oxygen atoms in total. The van der Waals surface area contributed by atoms with Gasteiger partial charge in [0.05, 0.1) is 28.1 Å². The fourth-order valence-corrected chi connectivity index (χ4v) is 10.2. The van der Waals surface area contributed by atoms with Gasteiger partial charge in [-0.15, -0.1) is 0 Å². The maximum Gasteiger partial charge on any atom is 0.268 e. The fourth-order valence-electron chi connectivity index (χ4n) is 8.82. The number of nitrogens with zero attached hydrogens (tertiary/aromatic N) is 4. The lowest BCUT2D eigenvalue weighted by molar-refractivity contribution is -0.0355. The van der Waals surface area contributed by atoms with E-state index in [1.54, 1.807) is 43.6 Å². The van der Waals surface area contributed by atoms with Gasteiger partial charge in [0.2, 0.25) is 0 Å². The van der Waals surface area contributed by atoms with Crippen molar-refractivity contribution >= 4 is 61.4 Å². The van der Waals surface area contributed by atoms with Gasteiger partial charge in [-0.05, 0) is 124 Å². The minimum atomic E-state index is -4.44. The molecule has 5 aromatic rings. The highest BCUT2D eigenvalue weighted by Crippen LogP contribution is 2.44. The molecule has 2 fully saturated rings. The maximum absolute atomic E-state index is 15.5. The average molecular weight is 904 g/mol. The molecule has 0 atom stereocenters. The number of pyridine rings is 2. The molecule has 0 spiro atoms. The third kappa shape index (κ3) is 10.3. The Morgan fingerprint density at radius 1 is 0.935 bits per heavy atom. The number of benzene rings is 2. The Kier molecular flexibility index (Phi) is 12.5. The van der Waals surface area contributed by atoms with Gasteiger partial charge in [-0.2, -0.15) is 0 Å². The zero-order valence-electron chi connectivity index (χ0n) is 35.3. The van der Waals surface area contributed by atoms with Gasteiger partial charge in [0, 0.05) is 67.3 Å². The summed E-state index contributed by atoms with van der Waals surface area (Å²) in [6, 6.07) is 18.2.